The Labute approximate surface area is 136 Å². The molecule has 0 saturated carbocycles. The lowest BCUT2D eigenvalue weighted by atomic mass is 9.93. The maximum absolute atomic E-state index is 3.60. The summed E-state index contributed by atoms with van der Waals surface area (Å²) < 4.78 is 1.13. The number of benzene rings is 2. The van der Waals surface area contributed by atoms with Crippen LogP contribution < -0.4 is 5.32 Å². The number of hydrogen-bond donors (Lipinski definition) is 1. The summed E-state index contributed by atoms with van der Waals surface area (Å²) in [5.41, 5.74) is 5.29. The van der Waals surface area contributed by atoms with Crippen LogP contribution in [0.2, 0.25) is 0 Å². The molecule has 0 aliphatic rings. The van der Waals surface area contributed by atoms with Crippen molar-refractivity contribution in [1.82, 2.24) is 5.32 Å². The SMILES string of the molecule is CCC(C)c1ccc(C(NC)c2cc(C)cc(Br)c2)cc1. The van der Waals surface area contributed by atoms with E-state index in [9.17, 15) is 0 Å². The summed E-state index contributed by atoms with van der Waals surface area (Å²) in [7, 11) is 2.02. The van der Waals surface area contributed by atoms with Gasteiger partial charge in [-0.25, -0.2) is 0 Å². The average molecular weight is 346 g/mol. The molecule has 0 aromatic heterocycles. The minimum Gasteiger partial charge on any atom is -0.309 e. The van der Waals surface area contributed by atoms with Crippen LogP contribution in [-0.2, 0) is 0 Å². The maximum Gasteiger partial charge on any atom is 0.0574 e. The molecule has 1 N–H and O–H groups in total. The predicted molar refractivity (Wildman–Crippen MR) is 94.9 cm³/mol. The van der Waals surface area contributed by atoms with E-state index >= 15 is 0 Å². The lowest BCUT2D eigenvalue weighted by Crippen LogP contribution is -2.17. The minimum atomic E-state index is 0.229. The highest BCUT2D eigenvalue weighted by Gasteiger charge is 2.13. The first-order valence-corrected chi connectivity index (χ1v) is 8.38. The Kier molecular flexibility index (Phi) is 5.60. The first-order valence-electron chi connectivity index (χ1n) is 7.59. The number of rotatable bonds is 5. The van der Waals surface area contributed by atoms with Crippen molar-refractivity contribution in [2.75, 3.05) is 7.05 Å². The molecule has 2 aromatic carbocycles. The quantitative estimate of drug-likeness (QED) is 0.745. The molecule has 21 heavy (non-hydrogen) atoms. The van der Waals surface area contributed by atoms with Crippen molar-refractivity contribution in [2.45, 2.75) is 39.2 Å². The van der Waals surface area contributed by atoms with E-state index in [1.54, 1.807) is 0 Å². The van der Waals surface area contributed by atoms with Gasteiger partial charge in [-0.3, -0.25) is 0 Å². The Hall–Kier alpha value is -1.12. The fraction of sp³-hybridized carbons (Fsp3) is 0.368. The lowest BCUT2D eigenvalue weighted by molar-refractivity contribution is 0.687. The second kappa shape index (κ2) is 7.24. The molecular weight excluding hydrogens is 322 g/mol. The zero-order valence-corrected chi connectivity index (χ0v) is 14.9. The molecule has 2 heteroatoms. The smallest absolute Gasteiger partial charge is 0.0574 e. The molecule has 0 aliphatic carbocycles. The van der Waals surface area contributed by atoms with Gasteiger partial charge in [0, 0.05) is 4.47 Å². The van der Waals surface area contributed by atoms with Gasteiger partial charge in [-0.15, -0.1) is 0 Å². The zero-order valence-electron chi connectivity index (χ0n) is 13.3. The van der Waals surface area contributed by atoms with E-state index in [2.05, 4.69) is 84.5 Å². The highest BCUT2D eigenvalue weighted by atomic mass is 79.9. The van der Waals surface area contributed by atoms with Gasteiger partial charge in [0.15, 0.2) is 0 Å². The van der Waals surface area contributed by atoms with Crippen LogP contribution in [0.5, 0.6) is 0 Å². The molecular formula is C19H24BrN. The molecule has 0 aliphatic heterocycles. The van der Waals surface area contributed by atoms with E-state index in [-0.39, 0.29) is 6.04 Å². The Morgan fingerprint density at radius 3 is 2.14 bits per heavy atom. The Morgan fingerprint density at radius 1 is 1.00 bits per heavy atom. The van der Waals surface area contributed by atoms with Crippen molar-refractivity contribution in [3.63, 3.8) is 0 Å². The van der Waals surface area contributed by atoms with Gasteiger partial charge in [-0.1, -0.05) is 60.1 Å². The van der Waals surface area contributed by atoms with Crippen LogP contribution in [0.15, 0.2) is 46.9 Å². The highest BCUT2D eigenvalue weighted by molar-refractivity contribution is 9.10. The fourth-order valence-electron chi connectivity index (χ4n) is 2.71. The summed E-state index contributed by atoms with van der Waals surface area (Å²) in [6.07, 6.45) is 1.18. The topological polar surface area (TPSA) is 12.0 Å². The van der Waals surface area contributed by atoms with Crippen LogP contribution in [0, 0.1) is 6.92 Å². The van der Waals surface area contributed by atoms with Gasteiger partial charge < -0.3 is 5.32 Å². The van der Waals surface area contributed by atoms with Crippen LogP contribution in [0.4, 0.5) is 0 Å². The normalized spacial score (nSPS) is 14.0. The monoisotopic (exact) mass is 345 g/mol. The van der Waals surface area contributed by atoms with Crippen LogP contribution in [-0.4, -0.2) is 7.05 Å². The third-order valence-electron chi connectivity index (χ3n) is 4.14. The maximum atomic E-state index is 3.60. The minimum absolute atomic E-state index is 0.229. The number of aryl methyl sites for hydroxylation is 1. The largest absolute Gasteiger partial charge is 0.309 e. The molecule has 0 radical (unpaired) electrons. The van der Waals surface area contributed by atoms with Crippen molar-refractivity contribution in [3.8, 4) is 0 Å². The second-order valence-electron chi connectivity index (χ2n) is 5.76. The Bertz CT molecular complexity index is 569. The predicted octanol–water partition coefficient (Wildman–Crippen LogP) is 5.58. The molecule has 112 valence electrons. The molecule has 2 aromatic rings. The van der Waals surface area contributed by atoms with Gasteiger partial charge in [0.1, 0.15) is 0 Å². The van der Waals surface area contributed by atoms with E-state index in [4.69, 9.17) is 0 Å². The molecule has 0 bridgehead atoms. The molecule has 0 fully saturated rings. The summed E-state index contributed by atoms with van der Waals surface area (Å²) in [4.78, 5) is 0. The molecule has 0 saturated heterocycles. The zero-order chi connectivity index (χ0) is 15.4. The van der Waals surface area contributed by atoms with Crippen molar-refractivity contribution in [1.29, 1.82) is 0 Å². The van der Waals surface area contributed by atoms with Crippen LogP contribution >= 0.6 is 15.9 Å². The van der Waals surface area contributed by atoms with Gasteiger partial charge in [0.05, 0.1) is 6.04 Å². The number of hydrogen-bond acceptors (Lipinski definition) is 1. The van der Waals surface area contributed by atoms with E-state index < -0.39 is 0 Å². The molecule has 0 heterocycles. The molecule has 2 atom stereocenters. The number of nitrogens with one attached hydrogen (secondary N) is 1. The van der Waals surface area contributed by atoms with Gasteiger partial charge in [-0.05, 0) is 60.7 Å². The van der Waals surface area contributed by atoms with E-state index in [0.717, 1.165) is 4.47 Å². The second-order valence-corrected chi connectivity index (χ2v) is 6.68. The molecule has 2 unspecified atom stereocenters. The summed E-state index contributed by atoms with van der Waals surface area (Å²) in [5.74, 6) is 0.625. The third-order valence-corrected chi connectivity index (χ3v) is 4.60. The summed E-state index contributed by atoms with van der Waals surface area (Å²) in [6, 6.07) is 15.8. The van der Waals surface area contributed by atoms with Crippen molar-refractivity contribution in [2.24, 2.45) is 0 Å². The Balaban J connectivity index is 2.32. The van der Waals surface area contributed by atoms with E-state index in [0.29, 0.717) is 5.92 Å². The van der Waals surface area contributed by atoms with Gasteiger partial charge in [0.2, 0.25) is 0 Å². The van der Waals surface area contributed by atoms with Crippen molar-refractivity contribution < 1.29 is 0 Å². The van der Waals surface area contributed by atoms with E-state index in [1.165, 1.54) is 28.7 Å². The lowest BCUT2D eigenvalue weighted by Gasteiger charge is -2.19. The molecule has 2 rings (SSSR count). The van der Waals surface area contributed by atoms with Crippen molar-refractivity contribution in [3.05, 3.63) is 69.2 Å². The van der Waals surface area contributed by atoms with Crippen LogP contribution in [0.1, 0.15) is 54.5 Å². The fourth-order valence-corrected chi connectivity index (χ4v) is 3.34. The van der Waals surface area contributed by atoms with Gasteiger partial charge in [0.25, 0.3) is 0 Å². The highest BCUT2D eigenvalue weighted by Crippen LogP contribution is 2.27. The molecule has 0 amide bonds. The summed E-state index contributed by atoms with van der Waals surface area (Å²) in [6.45, 7) is 6.65. The standard InChI is InChI=1S/C19H24BrN/c1-5-14(3)15-6-8-16(9-7-15)19(21-4)17-10-13(2)11-18(20)12-17/h6-12,14,19,21H,5H2,1-4H3. The van der Waals surface area contributed by atoms with Crippen molar-refractivity contribution >= 4 is 15.9 Å². The average Bonchev–Trinajstić information content (AvgIpc) is 2.47. The third kappa shape index (κ3) is 3.96. The summed E-state index contributed by atoms with van der Waals surface area (Å²) >= 11 is 3.60. The van der Waals surface area contributed by atoms with Gasteiger partial charge >= 0.3 is 0 Å². The van der Waals surface area contributed by atoms with E-state index in [1.807, 2.05) is 7.05 Å². The Morgan fingerprint density at radius 2 is 1.62 bits per heavy atom. The summed E-state index contributed by atoms with van der Waals surface area (Å²) in [5, 5.41) is 3.43. The van der Waals surface area contributed by atoms with Crippen LogP contribution in [0.25, 0.3) is 0 Å². The first-order chi connectivity index (χ1) is 10.0. The van der Waals surface area contributed by atoms with Crippen LogP contribution in [0.3, 0.4) is 0 Å². The number of halogens is 1. The first kappa shape index (κ1) is 16.3. The molecule has 0 spiro atoms. The van der Waals surface area contributed by atoms with Gasteiger partial charge in [-0.2, -0.15) is 0 Å². The molecule has 1 nitrogen and oxygen atoms in total.